The van der Waals surface area contributed by atoms with Crippen LogP contribution in [0.15, 0.2) is 53.1 Å². The van der Waals surface area contributed by atoms with Crippen LogP contribution in [0, 0.1) is 0 Å². The molecule has 1 aromatic heterocycles. The lowest BCUT2D eigenvalue weighted by Gasteiger charge is -2.12. The molecule has 5 nitrogen and oxygen atoms in total. The van der Waals surface area contributed by atoms with Gasteiger partial charge in [0.25, 0.3) is 5.91 Å². The molecule has 1 N–H and O–H groups in total. The lowest BCUT2D eigenvalue weighted by atomic mass is 10.2. The van der Waals surface area contributed by atoms with Crippen LogP contribution in [0.1, 0.15) is 15.9 Å². The minimum Gasteiger partial charge on any atom is -0.497 e. The topological polar surface area (TPSA) is 56.1 Å². The Balaban J connectivity index is 1.83. The third kappa shape index (κ3) is 4.03. The van der Waals surface area contributed by atoms with Crippen molar-refractivity contribution in [2.45, 2.75) is 6.54 Å². The number of carbonyl (C=O) groups excluding carboxylic acids is 1. The number of halogens is 3. The Hall–Kier alpha value is -2.02. The van der Waals surface area contributed by atoms with Gasteiger partial charge in [0.1, 0.15) is 11.6 Å². The number of nitrogens with one attached hydrogen (secondary N) is 1. The molecule has 1 heterocycles. The predicted molar refractivity (Wildman–Crippen MR) is 106 cm³/mol. The zero-order valence-electron chi connectivity index (χ0n) is 13.7. The van der Waals surface area contributed by atoms with Gasteiger partial charge in [-0.2, -0.15) is 5.10 Å². The Bertz CT molecular complexity index is 959. The van der Waals surface area contributed by atoms with Crippen LogP contribution in [0.5, 0.6) is 5.75 Å². The maximum Gasteiger partial charge on any atom is 0.258 e. The van der Waals surface area contributed by atoms with Gasteiger partial charge in [-0.15, -0.1) is 0 Å². The van der Waals surface area contributed by atoms with E-state index >= 15 is 0 Å². The maximum absolute atomic E-state index is 12.6. The van der Waals surface area contributed by atoms with Crippen LogP contribution in [0.3, 0.4) is 0 Å². The Labute approximate surface area is 169 Å². The molecule has 134 valence electrons. The highest BCUT2D eigenvalue weighted by Gasteiger charge is 2.15. The van der Waals surface area contributed by atoms with Gasteiger partial charge in [0, 0.05) is 10.5 Å². The van der Waals surface area contributed by atoms with Crippen molar-refractivity contribution in [3.05, 3.63) is 74.3 Å². The van der Waals surface area contributed by atoms with Crippen LogP contribution in [0.2, 0.25) is 10.0 Å². The van der Waals surface area contributed by atoms with Crippen molar-refractivity contribution in [3.63, 3.8) is 0 Å². The molecule has 1 amide bonds. The number of ether oxygens (including phenoxy) is 1. The van der Waals surface area contributed by atoms with Gasteiger partial charge in [0.05, 0.1) is 35.5 Å². The number of amides is 1. The SMILES string of the molecule is COc1ccc(Br)c(C(=O)Nc2ccnn2Cc2cccc(Cl)c2Cl)c1. The summed E-state index contributed by atoms with van der Waals surface area (Å²) in [5.74, 6) is 0.855. The van der Waals surface area contributed by atoms with Gasteiger partial charge in [-0.3, -0.25) is 4.79 Å². The summed E-state index contributed by atoms with van der Waals surface area (Å²) in [6, 6.07) is 12.3. The van der Waals surface area contributed by atoms with Crippen LogP contribution in [0.4, 0.5) is 5.82 Å². The Kier molecular flexibility index (Phi) is 5.86. The molecular weight excluding hydrogens is 441 g/mol. The van der Waals surface area contributed by atoms with Gasteiger partial charge in [0.15, 0.2) is 0 Å². The highest BCUT2D eigenvalue weighted by atomic mass is 79.9. The Morgan fingerprint density at radius 2 is 2.08 bits per heavy atom. The fourth-order valence-electron chi connectivity index (χ4n) is 2.39. The van der Waals surface area contributed by atoms with E-state index in [1.807, 2.05) is 12.1 Å². The minimum atomic E-state index is -0.283. The number of rotatable bonds is 5. The van der Waals surface area contributed by atoms with Crippen LogP contribution in [0.25, 0.3) is 0 Å². The number of hydrogen-bond acceptors (Lipinski definition) is 3. The van der Waals surface area contributed by atoms with Crippen LogP contribution in [-0.2, 0) is 6.54 Å². The molecule has 3 aromatic rings. The Morgan fingerprint density at radius 3 is 2.85 bits per heavy atom. The molecule has 0 saturated carbocycles. The molecule has 26 heavy (non-hydrogen) atoms. The molecule has 2 aromatic carbocycles. The van der Waals surface area contributed by atoms with Gasteiger partial charge in [0.2, 0.25) is 0 Å². The average molecular weight is 455 g/mol. The summed E-state index contributed by atoms with van der Waals surface area (Å²) < 4.78 is 7.49. The average Bonchev–Trinajstić information content (AvgIpc) is 3.06. The van der Waals surface area contributed by atoms with Gasteiger partial charge in [-0.25, -0.2) is 4.68 Å². The number of hydrogen-bond donors (Lipinski definition) is 1. The molecule has 0 atom stereocenters. The van der Waals surface area contributed by atoms with Gasteiger partial charge < -0.3 is 10.1 Å². The van der Waals surface area contributed by atoms with Crippen LogP contribution >= 0.6 is 39.1 Å². The van der Waals surface area contributed by atoms with E-state index in [2.05, 4.69) is 26.3 Å². The van der Waals surface area contributed by atoms with E-state index in [4.69, 9.17) is 27.9 Å². The molecule has 0 unspecified atom stereocenters. The first kappa shape index (κ1) is 18.8. The molecule has 8 heteroatoms. The molecule has 0 aliphatic rings. The summed E-state index contributed by atoms with van der Waals surface area (Å²) in [5.41, 5.74) is 1.26. The van der Waals surface area contributed by atoms with E-state index in [-0.39, 0.29) is 5.91 Å². The summed E-state index contributed by atoms with van der Waals surface area (Å²) in [5, 5.41) is 8.05. The molecule has 0 spiro atoms. The Morgan fingerprint density at radius 1 is 1.27 bits per heavy atom. The quantitative estimate of drug-likeness (QED) is 0.571. The van der Waals surface area contributed by atoms with Crippen molar-refractivity contribution in [1.82, 2.24) is 9.78 Å². The normalized spacial score (nSPS) is 10.6. The highest BCUT2D eigenvalue weighted by Crippen LogP contribution is 2.27. The number of aromatic nitrogens is 2. The lowest BCUT2D eigenvalue weighted by Crippen LogP contribution is -2.17. The predicted octanol–water partition coefficient (Wildman–Crippen LogP) is 5.26. The first-order chi connectivity index (χ1) is 12.5. The fourth-order valence-corrected chi connectivity index (χ4v) is 3.19. The standard InChI is InChI=1S/C18H14BrCl2N3O2/c1-26-12-5-6-14(19)13(9-12)18(25)23-16-7-8-22-24(16)10-11-3-2-4-15(20)17(11)21/h2-9H,10H2,1H3,(H,23,25). The molecule has 0 radical (unpaired) electrons. The summed E-state index contributed by atoms with van der Waals surface area (Å²) >= 11 is 15.7. The third-order valence-corrected chi connectivity index (χ3v) is 5.28. The third-order valence-electron chi connectivity index (χ3n) is 3.73. The molecule has 0 aliphatic heterocycles. The van der Waals surface area contributed by atoms with E-state index in [1.54, 1.807) is 48.3 Å². The van der Waals surface area contributed by atoms with E-state index in [0.717, 1.165) is 5.56 Å². The van der Waals surface area contributed by atoms with Crippen molar-refractivity contribution in [2.75, 3.05) is 12.4 Å². The molecule has 0 bridgehead atoms. The molecule has 0 saturated heterocycles. The zero-order chi connectivity index (χ0) is 18.7. The summed E-state index contributed by atoms with van der Waals surface area (Å²) in [6.45, 7) is 0.376. The first-order valence-corrected chi connectivity index (χ1v) is 9.14. The second kappa shape index (κ2) is 8.12. The van der Waals surface area contributed by atoms with Crippen LogP contribution < -0.4 is 10.1 Å². The van der Waals surface area contributed by atoms with E-state index in [9.17, 15) is 4.79 Å². The second-order valence-electron chi connectivity index (χ2n) is 5.39. The van der Waals surface area contributed by atoms with E-state index in [1.165, 1.54) is 0 Å². The maximum atomic E-state index is 12.6. The fraction of sp³-hybridized carbons (Fsp3) is 0.111. The summed E-state index contributed by atoms with van der Waals surface area (Å²) in [6.07, 6.45) is 1.61. The zero-order valence-corrected chi connectivity index (χ0v) is 16.8. The number of anilines is 1. The number of methoxy groups -OCH3 is 1. The smallest absolute Gasteiger partial charge is 0.258 e. The first-order valence-electron chi connectivity index (χ1n) is 7.59. The van der Waals surface area contributed by atoms with Crippen molar-refractivity contribution < 1.29 is 9.53 Å². The largest absolute Gasteiger partial charge is 0.497 e. The summed E-state index contributed by atoms with van der Waals surface area (Å²) in [7, 11) is 1.55. The lowest BCUT2D eigenvalue weighted by molar-refractivity contribution is 0.102. The molecule has 0 aliphatic carbocycles. The van der Waals surface area contributed by atoms with E-state index < -0.39 is 0 Å². The number of carbonyl (C=O) groups is 1. The molecule has 3 rings (SSSR count). The summed E-state index contributed by atoms with van der Waals surface area (Å²) in [4.78, 5) is 12.6. The van der Waals surface area contributed by atoms with Gasteiger partial charge in [-0.05, 0) is 45.8 Å². The highest BCUT2D eigenvalue weighted by molar-refractivity contribution is 9.10. The molecule has 0 fully saturated rings. The van der Waals surface area contributed by atoms with Crippen molar-refractivity contribution in [2.24, 2.45) is 0 Å². The van der Waals surface area contributed by atoms with E-state index in [0.29, 0.717) is 38.2 Å². The number of nitrogens with zero attached hydrogens (tertiary/aromatic N) is 2. The van der Waals surface area contributed by atoms with Crippen LogP contribution in [-0.4, -0.2) is 22.8 Å². The van der Waals surface area contributed by atoms with Gasteiger partial charge in [-0.1, -0.05) is 35.3 Å². The second-order valence-corrected chi connectivity index (χ2v) is 7.03. The van der Waals surface area contributed by atoms with Crippen molar-refractivity contribution >= 4 is 50.9 Å². The van der Waals surface area contributed by atoms with Crippen molar-refractivity contribution in [3.8, 4) is 5.75 Å². The van der Waals surface area contributed by atoms with Crippen molar-refractivity contribution in [1.29, 1.82) is 0 Å². The van der Waals surface area contributed by atoms with Gasteiger partial charge >= 0.3 is 0 Å². The molecular formula is C18H14BrCl2N3O2. The minimum absolute atomic E-state index is 0.283. The monoisotopic (exact) mass is 453 g/mol. The number of benzene rings is 2.